The molecule has 1 atom stereocenters. The van der Waals surface area contributed by atoms with Gasteiger partial charge in [-0.2, -0.15) is 0 Å². The lowest BCUT2D eigenvalue weighted by molar-refractivity contribution is 0.0942. The maximum Gasteiger partial charge on any atom is 0.253 e. The molecule has 2 aromatic rings. The second kappa shape index (κ2) is 8.65. The van der Waals surface area contributed by atoms with Crippen molar-refractivity contribution in [1.29, 1.82) is 0 Å². The molecule has 1 N–H and O–H groups in total. The summed E-state index contributed by atoms with van der Waals surface area (Å²) in [6.45, 7) is 9.84. The van der Waals surface area contributed by atoms with Gasteiger partial charge in [-0.15, -0.1) is 0 Å². The topological polar surface area (TPSA) is 45.2 Å². The number of halogens is 1. The van der Waals surface area contributed by atoms with Crippen molar-refractivity contribution in [2.75, 3.05) is 0 Å². The predicted molar refractivity (Wildman–Crippen MR) is 112 cm³/mol. The first-order valence-corrected chi connectivity index (χ1v) is 9.78. The number of hydrogen-bond acceptors (Lipinski definition) is 3. The van der Waals surface area contributed by atoms with Crippen molar-refractivity contribution in [3.8, 4) is 0 Å². The maximum atomic E-state index is 12.3. The number of nitrogens with one attached hydrogen (secondary N) is 1. The van der Waals surface area contributed by atoms with E-state index in [2.05, 4.69) is 29.0 Å². The van der Waals surface area contributed by atoms with Gasteiger partial charge in [0.25, 0.3) is 5.91 Å². The van der Waals surface area contributed by atoms with Crippen LogP contribution in [0.5, 0.6) is 0 Å². The van der Waals surface area contributed by atoms with Gasteiger partial charge in [0.15, 0.2) is 0 Å². The molecule has 0 saturated carbocycles. The van der Waals surface area contributed by atoms with E-state index >= 15 is 0 Å². The molecule has 150 valence electrons. The Kier molecular flexibility index (Phi) is 6.25. The molecule has 0 bridgehead atoms. The van der Waals surface area contributed by atoms with Crippen LogP contribution in [0.25, 0.3) is 6.08 Å². The monoisotopic (exact) mass is 383 g/mol. The van der Waals surface area contributed by atoms with Crippen LogP contribution in [0.2, 0.25) is 0 Å². The zero-order valence-electron chi connectivity index (χ0n) is 16.9. The number of pyridine rings is 1. The molecule has 0 radical (unpaired) electrons. The molecule has 1 aromatic heterocycles. The van der Waals surface area contributed by atoms with Gasteiger partial charge in [-0.05, 0) is 48.6 Å². The second-order valence-corrected chi connectivity index (χ2v) is 8.02. The Morgan fingerprint density at radius 2 is 2.04 bits per heavy atom. The van der Waals surface area contributed by atoms with E-state index < -0.39 is 0 Å². The van der Waals surface area contributed by atoms with E-state index in [0.29, 0.717) is 17.8 Å². The lowest BCUT2D eigenvalue weighted by Crippen LogP contribution is -2.30. The van der Waals surface area contributed by atoms with Crippen molar-refractivity contribution in [2.45, 2.75) is 52.9 Å². The van der Waals surface area contributed by atoms with E-state index in [-0.39, 0.29) is 19.4 Å². The lowest BCUT2D eigenvalue weighted by Gasteiger charge is -2.27. The molecule has 0 unspecified atom stereocenters. The molecule has 3 rings (SSSR count). The Labute approximate surface area is 168 Å². The van der Waals surface area contributed by atoms with Gasteiger partial charge in [0.2, 0.25) is 0 Å². The van der Waals surface area contributed by atoms with Crippen molar-refractivity contribution in [3.05, 3.63) is 70.8 Å². The first-order valence-electron chi connectivity index (χ1n) is 9.78. The molecule has 0 fully saturated rings. The van der Waals surface area contributed by atoms with Crippen LogP contribution in [0, 0.1) is 5.92 Å². The first kappa shape index (κ1) is 20.2. The van der Waals surface area contributed by atoms with Crippen LogP contribution < -0.4 is 5.32 Å². The van der Waals surface area contributed by atoms with Crippen molar-refractivity contribution >= 4 is 12.0 Å². The van der Waals surface area contributed by atoms with E-state index in [1.807, 2.05) is 44.2 Å². The number of fused-ring (bicyclic) bond motifs is 1. The van der Waals surface area contributed by atoms with Gasteiger partial charge in [-0.25, -0.2) is 4.39 Å². The Hall–Kier alpha value is -2.53. The third-order valence-corrected chi connectivity index (χ3v) is 4.98. The average molecular weight is 384 g/mol. The molecule has 4 nitrogen and oxygen atoms in total. The summed E-state index contributed by atoms with van der Waals surface area (Å²) in [6, 6.07) is 10.2. The SMILES string of the molecule is CC(C)NC(=O)c1cnc2c(c1)CN(Cc1ccc(/C=C\F)cc1)[C@H]2C(C)C.[HH]. The van der Waals surface area contributed by atoms with Gasteiger partial charge in [0.1, 0.15) is 0 Å². The number of benzene rings is 1. The fourth-order valence-corrected chi connectivity index (χ4v) is 3.81. The number of hydrogen-bond donors (Lipinski definition) is 1. The molecule has 1 aliphatic heterocycles. The van der Waals surface area contributed by atoms with Gasteiger partial charge in [0.05, 0.1) is 23.6 Å². The number of nitrogens with zero attached hydrogens (tertiary/aromatic N) is 2. The molecule has 5 heteroatoms. The molecule has 0 spiro atoms. The number of amides is 1. The van der Waals surface area contributed by atoms with Crippen molar-refractivity contribution in [2.24, 2.45) is 5.92 Å². The Morgan fingerprint density at radius 1 is 1.32 bits per heavy atom. The number of carbonyl (C=O) groups is 1. The minimum absolute atomic E-state index is 0. The second-order valence-electron chi connectivity index (χ2n) is 8.02. The highest BCUT2D eigenvalue weighted by molar-refractivity contribution is 5.94. The third-order valence-electron chi connectivity index (χ3n) is 4.98. The van der Waals surface area contributed by atoms with Crippen LogP contribution in [-0.2, 0) is 13.1 Å². The van der Waals surface area contributed by atoms with E-state index in [4.69, 9.17) is 0 Å². The van der Waals surface area contributed by atoms with E-state index in [0.717, 1.165) is 29.9 Å². The summed E-state index contributed by atoms with van der Waals surface area (Å²) < 4.78 is 12.3. The molecule has 1 aromatic carbocycles. The third kappa shape index (κ3) is 4.47. The molecule has 2 heterocycles. The molecular formula is C23H30FN3O. The molecular weight excluding hydrogens is 353 g/mol. The summed E-state index contributed by atoms with van der Waals surface area (Å²) >= 11 is 0. The highest BCUT2D eigenvalue weighted by Crippen LogP contribution is 2.38. The van der Waals surface area contributed by atoms with Crippen LogP contribution >= 0.6 is 0 Å². The van der Waals surface area contributed by atoms with Gasteiger partial charge in [-0.1, -0.05) is 38.1 Å². The van der Waals surface area contributed by atoms with Crippen LogP contribution in [0.4, 0.5) is 4.39 Å². The summed E-state index contributed by atoms with van der Waals surface area (Å²) in [4.78, 5) is 19.4. The summed E-state index contributed by atoms with van der Waals surface area (Å²) in [7, 11) is 0. The van der Waals surface area contributed by atoms with Gasteiger partial charge in [-0.3, -0.25) is 14.7 Å². The zero-order chi connectivity index (χ0) is 20.3. The van der Waals surface area contributed by atoms with E-state index in [9.17, 15) is 9.18 Å². The fraction of sp³-hybridized carbons (Fsp3) is 0.391. The maximum absolute atomic E-state index is 12.3. The number of rotatable bonds is 6. The number of aromatic nitrogens is 1. The normalized spacial score (nSPS) is 16.9. The standard InChI is InChI=1S/C23H28FN3O.H2/c1-15(2)22-21-20(11-19(12-25-21)23(28)26-16(3)4)14-27(22)13-18-7-5-17(6-8-18)9-10-24;/h5-12,15-16,22H,13-14H2,1-4H3,(H,26,28);1H/b10-9-;/t22-;/m0./s1. The summed E-state index contributed by atoms with van der Waals surface area (Å²) in [5, 5.41) is 2.93. The molecule has 1 aliphatic rings. The smallest absolute Gasteiger partial charge is 0.253 e. The highest BCUT2D eigenvalue weighted by atomic mass is 19.1. The Bertz CT molecular complexity index is 865. The summed E-state index contributed by atoms with van der Waals surface area (Å²) in [5.41, 5.74) is 4.81. The summed E-state index contributed by atoms with van der Waals surface area (Å²) in [5.74, 6) is 0.319. The Balaban J connectivity index is 0.00000300. The minimum Gasteiger partial charge on any atom is -0.350 e. The molecule has 28 heavy (non-hydrogen) atoms. The van der Waals surface area contributed by atoms with Gasteiger partial charge < -0.3 is 5.32 Å². The Morgan fingerprint density at radius 3 is 2.64 bits per heavy atom. The largest absolute Gasteiger partial charge is 0.350 e. The quantitative estimate of drug-likeness (QED) is 0.753. The van der Waals surface area contributed by atoms with Crippen molar-refractivity contribution in [3.63, 3.8) is 0 Å². The van der Waals surface area contributed by atoms with Crippen molar-refractivity contribution < 1.29 is 10.6 Å². The van der Waals surface area contributed by atoms with E-state index in [1.54, 1.807) is 6.20 Å². The van der Waals surface area contributed by atoms with Crippen LogP contribution in [0.3, 0.4) is 0 Å². The van der Waals surface area contributed by atoms with Crippen LogP contribution in [0.1, 0.15) is 67.9 Å². The molecule has 0 aliphatic carbocycles. The summed E-state index contributed by atoms with van der Waals surface area (Å²) in [6.07, 6.45) is 3.69. The predicted octanol–water partition coefficient (Wildman–Crippen LogP) is 5.12. The van der Waals surface area contributed by atoms with Crippen molar-refractivity contribution in [1.82, 2.24) is 15.2 Å². The fourth-order valence-electron chi connectivity index (χ4n) is 3.81. The van der Waals surface area contributed by atoms with Crippen LogP contribution in [-0.4, -0.2) is 21.8 Å². The minimum atomic E-state index is -0.0821. The highest BCUT2D eigenvalue weighted by Gasteiger charge is 2.34. The van der Waals surface area contributed by atoms with Gasteiger partial charge >= 0.3 is 0 Å². The first-order chi connectivity index (χ1) is 13.4. The zero-order valence-corrected chi connectivity index (χ0v) is 16.9. The number of carbonyl (C=O) groups excluding carboxylic acids is 1. The van der Waals surface area contributed by atoms with E-state index in [1.165, 1.54) is 11.6 Å². The lowest BCUT2D eigenvalue weighted by atomic mass is 9.99. The van der Waals surface area contributed by atoms with Crippen LogP contribution in [0.15, 0.2) is 42.9 Å². The molecule has 1 amide bonds. The average Bonchev–Trinajstić information content (AvgIpc) is 3.00. The molecule has 0 saturated heterocycles. The van der Waals surface area contributed by atoms with Gasteiger partial charge in [0, 0.05) is 26.8 Å².